The van der Waals surface area contributed by atoms with Crippen LogP contribution in [0.3, 0.4) is 0 Å². The van der Waals surface area contributed by atoms with Crippen LogP contribution < -0.4 is 4.74 Å². The van der Waals surface area contributed by atoms with Gasteiger partial charge in [0.1, 0.15) is 6.10 Å². The largest absolute Gasteiger partial charge is 0.465 e. The normalized spacial score (nSPS) is 18.0. The predicted octanol–water partition coefficient (Wildman–Crippen LogP) is 3.38. The van der Waals surface area contributed by atoms with E-state index < -0.39 is 11.7 Å². The molecule has 2 aromatic rings. The fourth-order valence-corrected chi connectivity index (χ4v) is 3.16. The van der Waals surface area contributed by atoms with Gasteiger partial charge < -0.3 is 9.64 Å². The molecule has 0 bridgehead atoms. The summed E-state index contributed by atoms with van der Waals surface area (Å²) < 4.78 is 43.8. The van der Waals surface area contributed by atoms with E-state index in [1.165, 1.54) is 23.5 Å². The first-order valence-electron chi connectivity index (χ1n) is 7.42. The molecular formula is C16H15F3N2O2S. The van der Waals surface area contributed by atoms with Gasteiger partial charge in [0, 0.05) is 24.5 Å². The number of rotatable bonds is 4. The lowest BCUT2D eigenvalue weighted by Crippen LogP contribution is -2.32. The molecule has 4 nitrogen and oxygen atoms in total. The van der Waals surface area contributed by atoms with Gasteiger partial charge in [-0.2, -0.15) is 13.2 Å². The number of benzene rings is 1. The number of alkyl halides is 3. The molecular weight excluding hydrogens is 341 g/mol. The van der Waals surface area contributed by atoms with Crippen LogP contribution in [0.2, 0.25) is 0 Å². The van der Waals surface area contributed by atoms with Gasteiger partial charge in [-0.1, -0.05) is 29.5 Å². The van der Waals surface area contributed by atoms with Crippen LogP contribution in [0, 0.1) is 0 Å². The Kier molecular flexibility index (Phi) is 4.75. The topological polar surface area (TPSA) is 42.4 Å². The molecule has 0 aliphatic carbocycles. The zero-order valence-corrected chi connectivity index (χ0v) is 13.4. The number of ether oxygens (including phenoxy) is 1. The Morgan fingerprint density at radius 2 is 2.25 bits per heavy atom. The predicted molar refractivity (Wildman–Crippen MR) is 82.9 cm³/mol. The van der Waals surface area contributed by atoms with Crippen molar-refractivity contribution in [2.24, 2.45) is 0 Å². The number of likely N-dealkylation sites (tertiary alicyclic amines) is 1. The third kappa shape index (κ3) is 4.05. The standard InChI is InChI=1S/C16H15F3N2O2S/c17-16(18,19)12-3-1-2-11(8-12)9-14(22)21-6-4-13(10-21)23-15-20-5-7-24-15/h1-3,5,7-8,13H,4,6,9-10H2. The minimum Gasteiger partial charge on any atom is -0.465 e. The number of thiazole rings is 1. The zero-order valence-electron chi connectivity index (χ0n) is 12.6. The maximum Gasteiger partial charge on any atom is 0.416 e. The van der Waals surface area contributed by atoms with Gasteiger partial charge in [0.15, 0.2) is 0 Å². The molecule has 1 unspecified atom stereocenters. The van der Waals surface area contributed by atoms with Gasteiger partial charge in [-0.25, -0.2) is 4.98 Å². The van der Waals surface area contributed by atoms with E-state index in [-0.39, 0.29) is 18.4 Å². The van der Waals surface area contributed by atoms with Crippen LogP contribution in [-0.4, -0.2) is 35.0 Å². The highest BCUT2D eigenvalue weighted by Gasteiger charge is 2.31. The van der Waals surface area contributed by atoms with Crippen LogP contribution in [0.15, 0.2) is 35.8 Å². The van der Waals surface area contributed by atoms with Crippen molar-refractivity contribution in [1.29, 1.82) is 0 Å². The smallest absolute Gasteiger partial charge is 0.416 e. The van der Waals surface area contributed by atoms with Crippen molar-refractivity contribution in [2.75, 3.05) is 13.1 Å². The van der Waals surface area contributed by atoms with Crippen LogP contribution in [0.5, 0.6) is 5.19 Å². The Morgan fingerprint density at radius 3 is 2.96 bits per heavy atom. The van der Waals surface area contributed by atoms with Gasteiger partial charge >= 0.3 is 6.18 Å². The second kappa shape index (κ2) is 6.80. The summed E-state index contributed by atoms with van der Waals surface area (Å²) in [5.74, 6) is -0.195. The highest BCUT2D eigenvalue weighted by molar-refractivity contribution is 7.11. The van der Waals surface area contributed by atoms with E-state index in [0.29, 0.717) is 30.3 Å². The van der Waals surface area contributed by atoms with Crippen molar-refractivity contribution < 1.29 is 22.7 Å². The zero-order chi connectivity index (χ0) is 17.2. The first-order chi connectivity index (χ1) is 11.4. The summed E-state index contributed by atoms with van der Waals surface area (Å²) in [6, 6.07) is 4.88. The lowest BCUT2D eigenvalue weighted by atomic mass is 10.1. The van der Waals surface area contributed by atoms with Crippen molar-refractivity contribution in [3.63, 3.8) is 0 Å². The summed E-state index contributed by atoms with van der Waals surface area (Å²) in [4.78, 5) is 18.0. The average Bonchev–Trinajstić information content (AvgIpc) is 3.19. The van der Waals surface area contributed by atoms with E-state index in [4.69, 9.17) is 4.74 Å². The van der Waals surface area contributed by atoms with Gasteiger partial charge in [0.05, 0.1) is 18.5 Å². The summed E-state index contributed by atoms with van der Waals surface area (Å²) in [7, 11) is 0. The van der Waals surface area contributed by atoms with E-state index in [0.717, 1.165) is 12.1 Å². The molecule has 3 rings (SSSR count). The highest BCUT2D eigenvalue weighted by atomic mass is 32.1. The van der Waals surface area contributed by atoms with Crippen molar-refractivity contribution >= 4 is 17.2 Å². The van der Waals surface area contributed by atoms with Gasteiger partial charge in [0.25, 0.3) is 5.19 Å². The first kappa shape index (κ1) is 16.8. The lowest BCUT2D eigenvalue weighted by Gasteiger charge is -2.17. The fraction of sp³-hybridized carbons (Fsp3) is 0.375. The molecule has 1 saturated heterocycles. The van der Waals surface area contributed by atoms with Crippen LogP contribution in [0.1, 0.15) is 17.5 Å². The van der Waals surface area contributed by atoms with Crippen molar-refractivity contribution in [3.8, 4) is 5.19 Å². The SMILES string of the molecule is O=C(Cc1cccc(C(F)(F)F)c1)N1CCC(Oc2nccs2)C1. The second-order valence-corrected chi connectivity index (χ2v) is 6.40. The van der Waals surface area contributed by atoms with Gasteiger partial charge in [0.2, 0.25) is 5.91 Å². The highest BCUT2D eigenvalue weighted by Crippen LogP contribution is 2.29. The van der Waals surface area contributed by atoms with E-state index in [1.807, 2.05) is 0 Å². The molecule has 1 aliphatic rings. The summed E-state index contributed by atoms with van der Waals surface area (Å²) in [6.45, 7) is 0.964. The number of halogens is 3. The Labute approximate surface area is 140 Å². The molecule has 1 fully saturated rings. The third-order valence-corrected chi connectivity index (χ3v) is 4.45. The molecule has 2 heterocycles. The van der Waals surface area contributed by atoms with E-state index in [9.17, 15) is 18.0 Å². The molecule has 1 aromatic heterocycles. The minimum atomic E-state index is -4.40. The van der Waals surface area contributed by atoms with Crippen LogP contribution in [0.4, 0.5) is 13.2 Å². The minimum absolute atomic E-state index is 0.0477. The fourth-order valence-electron chi connectivity index (χ4n) is 2.61. The average molecular weight is 356 g/mol. The van der Waals surface area contributed by atoms with Crippen LogP contribution >= 0.6 is 11.3 Å². The van der Waals surface area contributed by atoms with Crippen LogP contribution in [-0.2, 0) is 17.4 Å². The number of carbonyl (C=O) groups excluding carboxylic acids is 1. The van der Waals surface area contributed by atoms with Crippen molar-refractivity contribution in [2.45, 2.75) is 25.1 Å². The molecule has 0 radical (unpaired) electrons. The number of amides is 1. The number of nitrogens with zero attached hydrogens (tertiary/aromatic N) is 2. The Bertz CT molecular complexity index is 704. The summed E-state index contributed by atoms with van der Waals surface area (Å²) in [5, 5.41) is 2.37. The number of hydrogen-bond acceptors (Lipinski definition) is 4. The quantitative estimate of drug-likeness (QED) is 0.843. The molecule has 0 spiro atoms. The monoisotopic (exact) mass is 356 g/mol. The molecule has 24 heavy (non-hydrogen) atoms. The third-order valence-electron chi connectivity index (χ3n) is 3.78. The van der Waals surface area contributed by atoms with Crippen molar-refractivity contribution in [3.05, 3.63) is 47.0 Å². The lowest BCUT2D eigenvalue weighted by molar-refractivity contribution is -0.138. The first-order valence-corrected chi connectivity index (χ1v) is 8.30. The molecule has 1 atom stereocenters. The van der Waals surface area contributed by atoms with Gasteiger partial charge in [-0.05, 0) is 11.6 Å². The molecule has 1 aromatic carbocycles. The summed E-state index contributed by atoms with van der Waals surface area (Å²) in [5.41, 5.74) is -0.377. The van der Waals surface area contributed by atoms with Gasteiger partial charge in [-0.3, -0.25) is 4.79 Å². The Hall–Kier alpha value is -2.09. The maximum absolute atomic E-state index is 12.7. The van der Waals surface area contributed by atoms with Crippen LogP contribution in [0.25, 0.3) is 0 Å². The molecule has 1 amide bonds. The van der Waals surface area contributed by atoms with E-state index >= 15 is 0 Å². The number of aromatic nitrogens is 1. The molecule has 128 valence electrons. The molecule has 0 saturated carbocycles. The maximum atomic E-state index is 12.7. The van der Waals surface area contributed by atoms with Crippen molar-refractivity contribution in [1.82, 2.24) is 9.88 Å². The van der Waals surface area contributed by atoms with Gasteiger partial charge in [-0.15, -0.1) is 0 Å². The van der Waals surface area contributed by atoms with E-state index in [1.54, 1.807) is 16.5 Å². The second-order valence-electron chi connectivity index (χ2n) is 5.54. The molecule has 0 N–H and O–H groups in total. The molecule has 8 heteroatoms. The number of carbonyl (C=O) groups is 1. The molecule has 1 aliphatic heterocycles. The Balaban J connectivity index is 1.58. The Morgan fingerprint density at radius 1 is 1.42 bits per heavy atom. The summed E-state index contributed by atoms with van der Waals surface area (Å²) in [6.07, 6.45) is -2.24. The van der Waals surface area contributed by atoms with E-state index in [2.05, 4.69) is 4.98 Å². The number of hydrogen-bond donors (Lipinski definition) is 0. The summed E-state index contributed by atoms with van der Waals surface area (Å²) >= 11 is 1.38.